The van der Waals surface area contributed by atoms with Gasteiger partial charge in [-0.3, -0.25) is 9.59 Å². The zero-order valence-electron chi connectivity index (χ0n) is 13.7. The van der Waals surface area contributed by atoms with Gasteiger partial charge in [-0.05, 0) is 44.4 Å². The molecule has 3 fully saturated rings. The molecule has 3 aliphatic rings. The van der Waals surface area contributed by atoms with E-state index in [1.807, 2.05) is 13.8 Å². The molecule has 0 saturated heterocycles. The quantitative estimate of drug-likeness (QED) is 0.755. The van der Waals surface area contributed by atoms with E-state index in [0.29, 0.717) is 12.8 Å². The van der Waals surface area contributed by atoms with Gasteiger partial charge in [0.1, 0.15) is 11.4 Å². The van der Waals surface area contributed by atoms with Gasteiger partial charge in [-0.25, -0.2) is 0 Å². The lowest BCUT2D eigenvalue weighted by Gasteiger charge is -2.47. The second-order valence-corrected chi connectivity index (χ2v) is 8.42. The number of rotatable bonds is 1. The van der Waals surface area contributed by atoms with Crippen LogP contribution in [0.1, 0.15) is 60.3 Å². The molecule has 0 aromatic heterocycles. The van der Waals surface area contributed by atoms with Gasteiger partial charge in [0.25, 0.3) is 0 Å². The third kappa shape index (κ3) is 1.60. The molecule has 4 heteroatoms. The molecule has 118 valence electrons. The summed E-state index contributed by atoms with van der Waals surface area (Å²) in [5.74, 6) is 0.0414. The molecule has 2 bridgehead atoms. The van der Waals surface area contributed by atoms with Crippen LogP contribution in [0, 0.1) is 22.7 Å². The molecule has 0 unspecified atom stereocenters. The molecule has 3 rings (SSSR count). The number of ether oxygens (including phenoxy) is 1. The molecule has 3 aliphatic carbocycles. The smallest absolute Gasteiger partial charge is 0.303 e. The predicted molar refractivity (Wildman–Crippen MR) is 77.5 cm³/mol. The van der Waals surface area contributed by atoms with Gasteiger partial charge in [0, 0.05) is 19.3 Å². The maximum absolute atomic E-state index is 13.0. The molecule has 1 N–H and O–H groups in total. The van der Waals surface area contributed by atoms with Crippen LogP contribution in [0.15, 0.2) is 0 Å². The van der Waals surface area contributed by atoms with Gasteiger partial charge < -0.3 is 9.84 Å². The Morgan fingerprint density at radius 2 is 1.86 bits per heavy atom. The highest BCUT2D eigenvalue weighted by molar-refractivity contribution is 5.90. The van der Waals surface area contributed by atoms with Crippen LogP contribution in [0.3, 0.4) is 0 Å². The third-order valence-electron chi connectivity index (χ3n) is 6.92. The van der Waals surface area contributed by atoms with E-state index in [-0.39, 0.29) is 35.4 Å². The molecule has 3 saturated carbocycles. The topological polar surface area (TPSA) is 63.6 Å². The number of fused-ring (bicyclic) bond motifs is 1. The zero-order chi connectivity index (χ0) is 15.8. The van der Waals surface area contributed by atoms with E-state index in [4.69, 9.17) is 4.74 Å². The van der Waals surface area contributed by atoms with E-state index in [0.717, 1.165) is 6.42 Å². The van der Waals surface area contributed by atoms with Crippen molar-refractivity contribution in [1.82, 2.24) is 0 Å². The highest BCUT2D eigenvalue weighted by Gasteiger charge is 2.76. The number of carbonyl (C=O) groups excluding carboxylic acids is 2. The molecule has 1 spiro atoms. The molecule has 0 aromatic carbocycles. The van der Waals surface area contributed by atoms with E-state index >= 15 is 0 Å². The van der Waals surface area contributed by atoms with E-state index in [1.165, 1.54) is 6.92 Å². The average Bonchev–Trinajstić information content (AvgIpc) is 2.68. The standard InChI is InChI=1S/C17H26O4/c1-10(18)21-15(4)9-13(19)17-8-12(15)14(2,3)11(17)6-7-16(17,5)20/h11-12,20H,6-9H2,1-5H3/t11-,12-,15+,16-,17+/m0/s1. The summed E-state index contributed by atoms with van der Waals surface area (Å²) in [5, 5.41) is 10.9. The summed E-state index contributed by atoms with van der Waals surface area (Å²) in [6.07, 6.45) is 2.43. The molecule has 0 radical (unpaired) electrons. The van der Waals surface area contributed by atoms with Crippen LogP contribution in [0.5, 0.6) is 0 Å². The Morgan fingerprint density at radius 3 is 2.43 bits per heavy atom. The Labute approximate surface area is 126 Å². The van der Waals surface area contributed by atoms with Gasteiger partial charge >= 0.3 is 5.97 Å². The fraction of sp³-hybridized carbons (Fsp3) is 0.882. The van der Waals surface area contributed by atoms with Crippen molar-refractivity contribution < 1.29 is 19.4 Å². The van der Waals surface area contributed by atoms with Gasteiger partial charge in [0.15, 0.2) is 0 Å². The highest BCUT2D eigenvalue weighted by Crippen LogP contribution is 2.73. The van der Waals surface area contributed by atoms with Crippen LogP contribution < -0.4 is 0 Å². The summed E-state index contributed by atoms with van der Waals surface area (Å²) in [4.78, 5) is 24.5. The molecule has 0 aliphatic heterocycles. The monoisotopic (exact) mass is 294 g/mol. The Balaban J connectivity index is 2.11. The van der Waals surface area contributed by atoms with Crippen molar-refractivity contribution in [2.45, 2.75) is 71.5 Å². The number of Topliss-reactive ketones (excluding diaryl/α,β-unsaturated/α-hetero) is 1. The minimum Gasteiger partial charge on any atom is -0.459 e. The Bertz CT molecular complexity index is 521. The Kier molecular flexibility index (Phi) is 2.78. The van der Waals surface area contributed by atoms with Crippen LogP contribution in [-0.2, 0) is 14.3 Å². The molecule has 21 heavy (non-hydrogen) atoms. The normalized spacial score (nSPS) is 50.9. The minimum absolute atomic E-state index is 0.0839. The minimum atomic E-state index is -0.932. The van der Waals surface area contributed by atoms with Crippen molar-refractivity contribution in [3.63, 3.8) is 0 Å². The fourth-order valence-corrected chi connectivity index (χ4v) is 6.11. The second kappa shape index (κ2) is 3.89. The molecule has 0 heterocycles. The summed E-state index contributed by atoms with van der Waals surface area (Å²) in [7, 11) is 0. The largest absolute Gasteiger partial charge is 0.459 e. The van der Waals surface area contributed by atoms with Gasteiger partial charge in [-0.15, -0.1) is 0 Å². The molecule has 0 amide bonds. The number of hydrogen-bond acceptors (Lipinski definition) is 4. The number of ketones is 1. The predicted octanol–water partition coefficient (Wildman–Crippen LogP) is 2.47. The van der Waals surface area contributed by atoms with Crippen molar-refractivity contribution >= 4 is 11.8 Å². The summed E-state index contributed by atoms with van der Waals surface area (Å²) in [6.45, 7) is 9.45. The number of esters is 1. The van der Waals surface area contributed by atoms with E-state index < -0.39 is 16.6 Å². The second-order valence-electron chi connectivity index (χ2n) is 8.42. The summed E-state index contributed by atoms with van der Waals surface area (Å²) in [6, 6.07) is 0. The summed E-state index contributed by atoms with van der Waals surface area (Å²) < 4.78 is 5.60. The Hall–Kier alpha value is -0.900. The van der Waals surface area contributed by atoms with Gasteiger partial charge in [-0.2, -0.15) is 0 Å². The number of hydrogen-bond donors (Lipinski definition) is 1. The van der Waals surface area contributed by atoms with Gasteiger partial charge in [-0.1, -0.05) is 13.8 Å². The SMILES string of the molecule is CC(=O)O[C@]1(C)CC(=O)[C@@]23C[C@H]1C(C)(C)[C@@H]2CC[C@]3(C)O. The van der Waals surface area contributed by atoms with E-state index in [1.54, 1.807) is 0 Å². The fourth-order valence-electron chi connectivity index (χ4n) is 6.11. The maximum Gasteiger partial charge on any atom is 0.303 e. The van der Waals surface area contributed by atoms with Crippen molar-refractivity contribution in [3.8, 4) is 0 Å². The number of aliphatic hydroxyl groups is 1. The highest BCUT2D eigenvalue weighted by atomic mass is 16.6. The first-order valence-corrected chi connectivity index (χ1v) is 7.93. The van der Waals surface area contributed by atoms with Crippen LogP contribution in [0.2, 0.25) is 0 Å². The van der Waals surface area contributed by atoms with Crippen LogP contribution in [0.25, 0.3) is 0 Å². The van der Waals surface area contributed by atoms with Crippen molar-refractivity contribution in [2.75, 3.05) is 0 Å². The first-order chi connectivity index (χ1) is 9.47. The van der Waals surface area contributed by atoms with E-state index in [9.17, 15) is 14.7 Å². The number of carbonyl (C=O) groups is 2. The first-order valence-electron chi connectivity index (χ1n) is 7.93. The molecule has 5 atom stereocenters. The Morgan fingerprint density at radius 1 is 1.24 bits per heavy atom. The van der Waals surface area contributed by atoms with Crippen LogP contribution in [-0.4, -0.2) is 28.1 Å². The van der Waals surface area contributed by atoms with Crippen molar-refractivity contribution in [3.05, 3.63) is 0 Å². The van der Waals surface area contributed by atoms with Crippen molar-refractivity contribution in [1.29, 1.82) is 0 Å². The lowest BCUT2D eigenvalue weighted by atomic mass is 9.61. The van der Waals surface area contributed by atoms with E-state index in [2.05, 4.69) is 13.8 Å². The molecular weight excluding hydrogens is 268 g/mol. The van der Waals surface area contributed by atoms with Crippen LogP contribution in [0.4, 0.5) is 0 Å². The van der Waals surface area contributed by atoms with Gasteiger partial charge in [0.05, 0.1) is 11.0 Å². The van der Waals surface area contributed by atoms with Crippen molar-refractivity contribution in [2.24, 2.45) is 22.7 Å². The lowest BCUT2D eigenvalue weighted by molar-refractivity contribution is -0.178. The maximum atomic E-state index is 13.0. The first kappa shape index (κ1) is 15.0. The van der Waals surface area contributed by atoms with Gasteiger partial charge in [0.2, 0.25) is 0 Å². The lowest BCUT2D eigenvalue weighted by Crippen LogP contribution is -2.56. The third-order valence-corrected chi connectivity index (χ3v) is 6.92. The average molecular weight is 294 g/mol. The molecular formula is C17H26O4. The molecule has 4 nitrogen and oxygen atoms in total. The van der Waals surface area contributed by atoms with Crippen LogP contribution >= 0.6 is 0 Å². The summed E-state index contributed by atoms with van der Waals surface area (Å²) in [5.41, 5.74) is -2.42. The molecule has 0 aromatic rings. The zero-order valence-corrected chi connectivity index (χ0v) is 13.7. The summed E-state index contributed by atoms with van der Waals surface area (Å²) >= 11 is 0.